The van der Waals surface area contributed by atoms with E-state index < -0.39 is 0 Å². The van der Waals surface area contributed by atoms with Crippen molar-refractivity contribution < 1.29 is 4.74 Å². The standard InChI is InChI=1S/C18H24N2O/c1-3-5-6-15-7-9-17(10-8-15)21-18-13-16(11-12-20-18)14-19-4-2/h7-13,19H,3-6,14H2,1-2H3. The van der Waals surface area contributed by atoms with Gasteiger partial charge in [-0.3, -0.25) is 0 Å². The lowest BCUT2D eigenvalue weighted by Crippen LogP contribution is -2.11. The molecule has 1 N–H and O–H groups in total. The largest absolute Gasteiger partial charge is 0.439 e. The molecule has 0 saturated heterocycles. The maximum atomic E-state index is 5.82. The third-order valence-corrected chi connectivity index (χ3v) is 3.34. The molecule has 0 aliphatic carbocycles. The summed E-state index contributed by atoms with van der Waals surface area (Å²) in [6.45, 7) is 6.10. The van der Waals surface area contributed by atoms with Gasteiger partial charge in [0, 0.05) is 18.8 Å². The average molecular weight is 284 g/mol. The molecule has 0 saturated carbocycles. The fourth-order valence-electron chi connectivity index (χ4n) is 2.11. The second-order valence-corrected chi connectivity index (χ2v) is 5.13. The van der Waals surface area contributed by atoms with Crippen molar-refractivity contribution in [1.82, 2.24) is 10.3 Å². The van der Waals surface area contributed by atoms with Crippen molar-refractivity contribution in [3.8, 4) is 11.6 Å². The maximum absolute atomic E-state index is 5.82. The van der Waals surface area contributed by atoms with Crippen molar-refractivity contribution in [2.24, 2.45) is 0 Å². The van der Waals surface area contributed by atoms with Crippen molar-refractivity contribution in [2.45, 2.75) is 39.7 Å². The molecule has 3 nitrogen and oxygen atoms in total. The first-order valence-corrected chi connectivity index (χ1v) is 7.74. The Bertz CT molecular complexity index is 537. The van der Waals surface area contributed by atoms with Gasteiger partial charge in [-0.15, -0.1) is 0 Å². The fraction of sp³-hybridized carbons (Fsp3) is 0.389. The molecule has 1 heterocycles. The van der Waals surface area contributed by atoms with Crippen LogP contribution in [0.15, 0.2) is 42.6 Å². The molecule has 3 heteroatoms. The Hall–Kier alpha value is -1.87. The lowest BCUT2D eigenvalue weighted by atomic mass is 10.1. The Morgan fingerprint density at radius 3 is 2.57 bits per heavy atom. The number of hydrogen-bond acceptors (Lipinski definition) is 3. The van der Waals surface area contributed by atoms with Crippen LogP contribution in [0.4, 0.5) is 0 Å². The number of rotatable bonds is 8. The first-order valence-electron chi connectivity index (χ1n) is 7.74. The van der Waals surface area contributed by atoms with Gasteiger partial charge in [-0.2, -0.15) is 0 Å². The van der Waals surface area contributed by atoms with Gasteiger partial charge in [0.25, 0.3) is 0 Å². The van der Waals surface area contributed by atoms with Crippen molar-refractivity contribution in [3.05, 3.63) is 53.7 Å². The third-order valence-electron chi connectivity index (χ3n) is 3.34. The molecule has 1 aromatic heterocycles. The summed E-state index contributed by atoms with van der Waals surface area (Å²) in [5, 5.41) is 3.30. The highest BCUT2D eigenvalue weighted by atomic mass is 16.5. The van der Waals surface area contributed by atoms with Gasteiger partial charge in [-0.1, -0.05) is 32.4 Å². The van der Waals surface area contributed by atoms with Gasteiger partial charge in [0.2, 0.25) is 5.88 Å². The van der Waals surface area contributed by atoms with Gasteiger partial charge in [-0.05, 0) is 48.7 Å². The molecule has 0 bridgehead atoms. The smallest absolute Gasteiger partial charge is 0.219 e. The summed E-state index contributed by atoms with van der Waals surface area (Å²) < 4.78 is 5.82. The van der Waals surface area contributed by atoms with Gasteiger partial charge in [-0.25, -0.2) is 4.98 Å². The second-order valence-electron chi connectivity index (χ2n) is 5.13. The van der Waals surface area contributed by atoms with Gasteiger partial charge >= 0.3 is 0 Å². The Kier molecular flexibility index (Phi) is 6.22. The third kappa shape index (κ3) is 5.20. The van der Waals surface area contributed by atoms with Crippen LogP contribution in [0.3, 0.4) is 0 Å². The molecule has 2 rings (SSSR count). The average Bonchev–Trinajstić information content (AvgIpc) is 2.53. The molecule has 2 aromatic rings. The van der Waals surface area contributed by atoms with E-state index in [9.17, 15) is 0 Å². The summed E-state index contributed by atoms with van der Waals surface area (Å²) in [7, 11) is 0. The lowest BCUT2D eigenvalue weighted by molar-refractivity contribution is 0.461. The molecule has 0 spiro atoms. The van der Waals surface area contributed by atoms with E-state index in [1.54, 1.807) is 6.20 Å². The molecule has 0 fully saturated rings. The first-order chi connectivity index (χ1) is 10.3. The van der Waals surface area contributed by atoms with Gasteiger partial charge in [0.1, 0.15) is 5.75 Å². The van der Waals surface area contributed by atoms with E-state index in [2.05, 4.69) is 36.3 Å². The molecule has 0 aliphatic rings. The zero-order valence-corrected chi connectivity index (χ0v) is 12.9. The van der Waals surface area contributed by atoms with E-state index in [4.69, 9.17) is 4.74 Å². The summed E-state index contributed by atoms with van der Waals surface area (Å²) in [6.07, 6.45) is 5.37. The highest BCUT2D eigenvalue weighted by Crippen LogP contribution is 2.21. The van der Waals surface area contributed by atoms with Crippen molar-refractivity contribution >= 4 is 0 Å². The Morgan fingerprint density at radius 2 is 1.86 bits per heavy atom. The van der Waals surface area contributed by atoms with Crippen LogP contribution in [0.2, 0.25) is 0 Å². The summed E-state index contributed by atoms with van der Waals surface area (Å²) in [4.78, 5) is 4.26. The Labute approximate surface area is 127 Å². The summed E-state index contributed by atoms with van der Waals surface area (Å²) in [5.74, 6) is 1.48. The minimum atomic E-state index is 0.645. The van der Waals surface area contributed by atoms with Crippen LogP contribution in [-0.2, 0) is 13.0 Å². The predicted octanol–water partition coefficient (Wildman–Crippen LogP) is 4.33. The molecule has 0 aliphatic heterocycles. The molecule has 1 aromatic carbocycles. The van der Waals surface area contributed by atoms with E-state index in [1.165, 1.54) is 24.0 Å². The molecular formula is C18H24N2O. The highest BCUT2D eigenvalue weighted by molar-refractivity contribution is 5.31. The zero-order chi connectivity index (χ0) is 14.9. The quantitative estimate of drug-likeness (QED) is 0.783. The van der Waals surface area contributed by atoms with Crippen LogP contribution in [0.1, 0.15) is 37.8 Å². The summed E-state index contributed by atoms with van der Waals surface area (Å²) in [6, 6.07) is 12.3. The van der Waals surface area contributed by atoms with Crippen molar-refractivity contribution in [1.29, 1.82) is 0 Å². The van der Waals surface area contributed by atoms with Crippen LogP contribution in [0.5, 0.6) is 11.6 Å². The van der Waals surface area contributed by atoms with Crippen molar-refractivity contribution in [2.75, 3.05) is 6.54 Å². The van der Waals surface area contributed by atoms with Crippen molar-refractivity contribution in [3.63, 3.8) is 0 Å². The lowest BCUT2D eigenvalue weighted by Gasteiger charge is -2.08. The number of nitrogens with one attached hydrogen (secondary N) is 1. The molecular weight excluding hydrogens is 260 g/mol. The number of nitrogens with zero attached hydrogens (tertiary/aromatic N) is 1. The van der Waals surface area contributed by atoms with Gasteiger partial charge < -0.3 is 10.1 Å². The number of ether oxygens (including phenoxy) is 1. The zero-order valence-electron chi connectivity index (χ0n) is 12.9. The number of pyridine rings is 1. The molecule has 0 atom stereocenters. The van der Waals surface area contributed by atoms with Crippen LogP contribution in [-0.4, -0.2) is 11.5 Å². The van der Waals surface area contributed by atoms with Gasteiger partial charge in [0.15, 0.2) is 0 Å². The Balaban J connectivity index is 1.97. The van der Waals surface area contributed by atoms with E-state index in [0.717, 1.165) is 25.3 Å². The van der Waals surface area contributed by atoms with E-state index in [-0.39, 0.29) is 0 Å². The molecule has 21 heavy (non-hydrogen) atoms. The minimum absolute atomic E-state index is 0.645. The molecule has 112 valence electrons. The number of unbranched alkanes of at least 4 members (excludes halogenated alkanes) is 1. The van der Waals surface area contributed by atoms with Crippen LogP contribution >= 0.6 is 0 Å². The van der Waals surface area contributed by atoms with E-state index in [0.29, 0.717) is 5.88 Å². The van der Waals surface area contributed by atoms with Crippen LogP contribution in [0.25, 0.3) is 0 Å². The highest BCUT2D eigenvalue weighted by Gasteiger charge is 2.01. The second kappa shape index (κ2) is 8.42. The SMILES string of the molecule is CCCCc1ccc(Oc2cc(CNCC)ccn2)cc1. The fourth-order valence-corrected chi connectivity index (χ4v) is 2.11. The maximum Gasteiger partial charge on any atom is 0.219 e. The van der Waals surface area contributed by atoms with E-state index >= 15 is 0 Å². The molecule has 0 radical (unpaired) electrons. The number of hydrogen-bond donors (Lipinski definition) is 1. The van der Waals surface area contributed by atoms with Crippen LogP contribution in [0, 0.1) is 0 Å². The summed E-state index contributed by atoms with van der Waals surface area (Å²) >= 11 is 0. The first kappa shape index (κ1) is 15.5. The predicted molar refractivity (Wildman–Crippen MR) is 86.7 cm³/mol. The number of aromatic nitrogens is 1. The topological polar surface area (TPSA) is 34.1 Å². The van der Waals surface area contributed by atoms with E-state index in [1.807, 2.05) is 24.3 Å². The minimum Gasteiger partial charge on any atom is -0.439 e. The normalized spacial score (nSPS) is 10.6. The van der Waals surface area contributed by atoms with Crippen LogP contribution < -0.4 is 10.1 Å². The Morgan fingerprint density at radius 1 is 1.05 bits per heavy atom. The number of aryl methyl sites for hydroxylation is 1. The number of benzene rings is 1. The molecule has 0 amide bonds. The molecule has 0 unspecified atom stereocenters. The van der Waals surface area contributed by atoms with Gasteiger partial charge in [0.05, 0.1) is 0 Å². The summed E-state index contributed by atoms with van der Waals surface area (Å²) in [5.41, 5.74) is 2.54. The monoisotopic (exact) mass is 284 g/mol.